The Morgan fingerprint density at radius 2 is 2.15 bits per heavy atom. The zero-order chi connectivity index (χ0) is 13.9. The number of fused-ring (bicyclic) bond motifs is 1. The van der Waals surface area contributed by atoms with Crippen LogP contribution in [0.15, 0.2) is 0 Å². The first kappa shape index (κ1) is 13.8. The van der Waals surface area contributed by atoms with E-state index in [0.29, 0.717) is 12.3 Å². The van der Waals surface area contributed by atoms with E-state index in [9.17, 15) is 8.78 Å². The maximum absolute atomic E-state index is 12.0. The van der Waals surface area contributed by atoms with Crippen LogP contribution in [0.2, 0.25) is 0 Å². The first-order valence-electron chi connectivity index (χ1n) is 7.19. The summed E-state index contributed by atoms with van der Waals surface area (Å²) in [4.78, 5) is 9.23. The molecule has 6 heteroatoms. The normalized spacial score (nSPS) is 18.4. The van der Waals surface area contributed by atoms with Crippen molar-refractivity contribution in [2.45, 2.75) is 44.6 Å². The predicted molar refractivity (Wildman–Crippen MR) is 69.9 cm³/mol. The van der Waals surface area contributed by atoms with Crippen LogP contribution in [0.25, 0.3) is 0 Å². The van der Waals surface area contributed by atoms with E-state index in [0.717, 1.165) is 31.0 Å². The number of nitrogens with zero attached hydrogens (tertiary/aromatic N) is 2. The summed E-state index contributed by atoms with van der Waals surface area (Å²) in [6.07, 6.45) is 1.41. The summed E-state index contributed by atoms with van der Waals surface area (Å²) >= 11 is 0. The van der Waals surface area contributed by atoms with Crippen molar-refractivity contribution in [3.8, 4) is 0 Å². The van der Waals surface area contributed by atoms with Crippen LogP contribution in [0.4, 0.5) is 8.78 Å². The van der Waals surface area contributed by atoms with Gasteiger partial charge in [-0.1, -0.05) is 0 Å². The highest BCUT2D eigenvalue weighted by Crippen LogP contribution is 2.41. The molecule has 0 radical (unpaired) electrons. The maximum atomic E-state index is 12.0. The van der Waals surface area contributed by atoms with Gasteiger partial charge in [0.05, 0.1) is 18.0 Å². The lowest BCUT2D eigenvalue weighted by atomic mass is 10.0. The zero-order valence-electron chi connectivity index (χ0n) is 11.4. The molecule has 0 atom stereocenters. The molecule has 1 aromatic heterocycles. The number of hydrogen-bond donors (Lipinski definition) is 1. The number of rotatable bonds is 6. The van der Waals surface area contributed by atoms with Crippen LogP contribution in [0.1, 0.15) is 41.5 Å². The molecule has 0 aromatic carbocycles. The van der Waals surface area contributed by atoms with Gasteiger partial charge in [0.15, 0.2) is 0 Å². The van der Waals surface area contributed by atoms with Crippen LogP contribution in [-0.4, -0.2) is 36.2 Å². The highest BCUT2D eigenvalue weighted by molar-refractivity contribution is 5.33. The Hall–Kier alpha value is -1.14. The van der Waals surface area contributed by atoms with Crippen LogP contribution in [0, 0.1) is 0 Å². The number of ether oxygens (including phenoxy) is 1. The topological polar surface area (TPSA) is 47.0 Å². The van der Waals surface area contributed by atoms with Crippen LogP contribution in [-0.2, 0) is 24.1 Å². The molecule has 0 spiro atoms. The SMILES string of the molecule is FC(F)COCCc1nc2c(c(C3CC3)n1)CNCC2. The molecule has 4 nitrogen and oxygen atoms in total. The Balaban J connectivity index is 1.69. The molecule has 0 bridgehead atoms. The lowest BCUT2D eigenvalue weighted by molar-refractivity contribution is 0.0182. The largest absolute Gasteiger partial charge is 0.375 e. The van der Waals surface area contributed by atoms with E-state index in [2.05, 4.69) is 15.3 Å². The molecule has 1 aromatic rings. The molecular formula is C14H19F2N3O. The zero-order valence-corrected chi connectivity index (χ0v) is 11.4. The Kier molecular flexibility index (Phi) is 4.21. The first-order chi connectivity index (χ1) is 9.74. The van der Waals surface area contributed by atoms with Crippen LogP contribution < -0.4 is 5.32 Å². The van der Waals surface area contributed by atoms with Crippen molar-refractivity contribution in [2.75, 3.05) is 19.8 Å². The highest BCUT2D eigenvalue weighted by atomic mass is 19.3. The highest BCUT2D eigenvalue weighted by Gasteiger charge is 2.30. The van der Waals surface area contributed by atoms with E-state index < -0.39 is 13.0 Å². The average Bonchev–Trinajstić information content (AvgIpc) is 3.27. The number of alkyl halides is 2. The molecule has 1 N–H and O–H groups in total. The number of halogens is 2. The van der Waals surface area contributed by atoms with Gasteiger partial charge < -0.3 is 10.1 Å². The molecule has 1 aliphatic carbocycles. The quantitative estimate of drug-likeness (QED) is 0.809. The summed E-state index contributed by atoms with van der Waals surface area (Å²) < 4.78 is 28.9. The summed E-state index contributed by atoms with van der Waals surface area (Å²) in [7, 11) is 0. The van der Waals surface area contributed by atoms with Crippen molar-refractivity contribution >= 4 is 0 Å². The lowest BCUT2D eigenvalue weighted by Gasteiger charge is -2.20. The Labute approximate surface area is 117 Å². The molecule has 1 fully saturated rings. The van der Waals surface area contributed by atoms with Gasteiger partial charge in [-0.25, -0.2) is 18.7 Å². The van der Waals surface area contributed by atoms with Gasteiger partial charge in [0.25, 0.3) is 6.43 Å². The molecule has 110 valence electrons. The molecule has 1 aliphatic heterocycles. The van der Waals surface area contributed by atoms with Gasteiger partial charge >= 0.3 is 0 Å². The fourth-order valence-corrected chi connectivity index (χ4v) is 2.56. The van der Waals surface area contributed by atoms with E-state index >= 15 is 0 Å². The average molecular weight is 283 g/mol. The molecule has 0 saturated heterocycles. The van der Waals surface area contributed by atoms with Crippen molar-refractivity contribution in [3.05, 3.63) is 22.8 Å². The Bertz CT molecular complexity index is 478. The van der Waals surface area contributed by atoms with E-state index in [1.807, 2.05) is 0 Å². The van der Waals surface area contributed by atoms with Crippen LogP contribution >= 0.6 is 0 Å². The van der Waals surface area contributed by atoms with Crippen molar-refractivity contribution in [3.63, 3.8) is 0 Å². The minimum Gasteiger partial charge on any atom is -0.375 e. The van der Waals surface area contributed by atoms with Crippen molar-refractivity contribution in [1.29, 1.82) is 0 Å². The lowest BCUT2D eigenvalue weighted by Crippen LogP contribution is -2.27. The van der Waals surface area contributed by atoms with E-state index in [-0.39, 0.29) is 6.61 Å². The standard InChI is InChI=1S/C14H19F2N3O/c15-12(16)8-20-6-4-13-18-11-3-5-17-7-10(11)14(19-13)9-1-2-9/h9,12,17H,1-8H2. The van der Waals surface area contributed by atoms with E-state index in [4.69, 9.17) is 4.74 Å². The van der Waals surface area contributed by atoms with Gasteiger partial charge in [0, 0.05) is 37.4 Å². The van der Waals surface area contributed by atoms with E-state index in [1.54, 1.807) is 0 Å². The minimum absolute atomic E-state index is 0.255. The molecule has 2 aliphatic rings. The third kappa shape index (κ3) is 3.30. The molecule has 0 amide bonds. The smallest absolute Gasteiger partial charge is 0.261 e. The molecule has 3 rings (SSSR count). The molecule has 0 unspecified atom stereocenters. The summed E-state index contributed by atoms with van der Waals surface area (Å²) in [6.45, 7) is 1.54. The third-order valence-corrected chi connectivity index (χ3v) is 3.69. The minimum atomic E-state index is -2.41. The summed E-state index contributed by atoms with van der Waals surface area (Å²) in [5.41, 5.74) is 3.56. The summed E-state index contributed by atoms with van der Waals surface area (Å²) in [5.74, 6) is 1.31. The fourth-order valence-electron chi connectivity index (χ4n) is 2.56. The second kappa shape index (κ2) is 6.10. The van der Waals surface area contributed by atoms with Gasteiger partial charge in [0.1, 0.15) is 12.4 Å². The Morgan fingerprint density at radius 1 is 1.30 bits per heavy atom. The Morgan fingerprint density at radius 3 is 2.90 bits per heavy atom. The van der Waals surface area contributed by atoms with Crippen molar-refractivity contribution in [2.24, 2.45) is 0 Å². The number of aromatic nitrogens is 2. The van der Waals surface area contributed by atoms with Crippen LogP contribution in [0.3, 0.4) is 0 Å². The van der Waals surface area contributed by atoms with Crippen LogP contribution in [0.5, 0.6) is 0 Å². The van der Waals surface area contributed by atoms with Gasteiger partial charge in [-0.3, -0.25) is 0 Å². The third-order valence-electron chi connectivity index (χ3n) is 3.69. The molecule has 2 heterocycles. The number of hydrogen-bond acceptors (Lipinski definition) is 4. The molecule has 20 heavy (non-hydrogen) atoms. The van der Waals surface area contributed by atoms with Gasteiger partial charge in [-0.05, 0) is 12.8 Å². The maximum Gasteiger partial charge on any atom is 0.261 e. The van der Waals surface area contributed by atoms with Gasteiger partial charge in [-0.15, -0.1) is 0 Å². The van der Waals surface area contributed by atoms with E-state index in [1.165, 1.54) is 24.1 Å². The van der Waals surface area contributed by atoms with Crippen molar-refractivity contribution < 1.29 is 13.5 Å². The predicted octanol–water partition coefficient (Wildman–Crippen LogP) is 1.82. The monoisotopic (exact) mass is 283 g/mol. The first-order valence-corrected chi connectivity index (χ1v) is 7.19. The fraction of sp³-hybridized carbons (Fsp3) is 0.714. The molecule has 1 saturated carbocycles. The van der Waals surface area contributed by atoms with Crippen molar-refractivity contribution in [1.82, 2.24) is 15.3 Å². The van der Waals surface area contributed by atoms with Gasteiger partial charge in [0.2, 0.25) is 0 Å². The molecular weight excluding hydrogens is 264 g/mol. The summed E-state index contributed by atoms with van der Waals surface area (Å²) in [6, 6.07) is 0. The summed E-state index contributed by atoms with van der Waals surface area (Å²) in [5, 5.41) is 3.36. The number of nitrogens with one attached hydrogen (secondary N) is 1. The van der Waals surface area contributed by atoms with Gasteiger partial charge in [-0.2, -0.15) is 0 Å². The second-order valence-electron chi connectivity index (χ2n) is 5.37. The second-order valence-corrected chi connectivity index (χ2v) is 5.37.